The van der Waals surface area contributed by atoms with E-state index in [1.54, 1.807) is 38.1 Å². The minimum absolute atomic E-state index is 0.0317. The molecule has 262 valence electrons. The Balaban J connectivity index is 1.93. The van der Waals surface area contributed by atoms with Crippen LogP contribution in [0, 0.1) is 17.3 Å². The van der Waals surface area contributed by atoms with Crippen LogP contribution in [0.2, 0.25) is 0 Å². The number of ether oxygens (including phenoxy) is 1. The summed E-state index contributed by atoms with van der Waals surface area (Å²) in [6, 6.07) is 3.85. The molecule has 2 unspecified atom stereocenters. The number of imide groups is 1. The Morgan fingerprint density at radius 1 is 0.979 bits per heavy atom. The molecule has 1 heterocycles. The second-order valence-electron chi connectivity index (χ2n) is 13.4. The maximum atomic E-state index is 13.4. The number of hydrogen-bond acceptors (Lipinski definition) is 8. The van der Waals surface area contributed by atoms with Gasteiger partial charge in [-0.1, -0.05) is 53.2 Å². The average Bonchev–Trinajstić information content (AvgIpc) is 3.29. The molecular weight excluding hydrogens is 619 g/mol. The third-order valence-electron chi connectivity index (χ3n) is 8.04. The Labute approximate surface area is 283 Å². The van der Waals surface area contributed by atoms with Crippen molar-refractivity contribution in [2.24, 2.45) is 23.0 Å². The van der Waals surface area contributed by atoms with Crippen molar-refractivity contribution < 1.29 is 38.3 Å². The van der Waals surface area contributed by atoms with Gasteiger partial charge in [0.25, 0.3) is 0 Å². The van der Waals surface area contributed by atoms with Gasteiger partial charge in [0, 0.05) is 31.6 Å². The second kappa shape index (κ2) is 18.8. The number of benzene rings is 1. The molecule has 7 amide bonds. The highest BCUT2D eigenvalue weighted by Crippen LogP contribution is 2.35. The predicted molar refractivity (Wildman–Crippen MR) is 179 cm³/mol. The summed E-state index contributed by atoms with van der Waals surface area (Å²) in [5.41, 5.74) is 5.92. The van der Waals surface area contributed by atoms with Gasteiger partial charge in [0.05, 0.1) is 5.92 Å². The number of rotatable bonds is 18. The van der Waals surface area contributed by atoms with Gasteiger partial charge in [0.15, 0.2) is 0 Å². The van der Waals surface area contributed by atoms with Crippen molar-refractivity contribution in [3.63, 3.8) is 0 Å². The molecule has 1 aromatic rings. The minimum Gasteiger partial charge on any atom is -0.470 e. The predicted octanol–water partition coefficient (Wildman–Crippen LogP) is 2.49. The number of hydrogen-bond donors (Lipinski definition) is 5. The maximum absolute atomic E-state index is 13.4. The van der Waals surface area contributed by atoms with E-state index in [-0.39, 0.29) is 67.4 Å². The number of nitrogens with two attached hydrogens (primary N) is 1. The van der Waals surface area contributed by atoms with E-state index in [1.165, 1.54) is 4.90 Å². The van der Waals surface area contributed by atoms with Crippen LogP contribution in [0.15, 0.2) is 24.3 Å². The Morgan fingerprint density at radius 3 is 2.21 bits per heavy atom. The van der Waals surface area contributed by atoms with Crippen LogP contribution in [-0.2, 0) is 35.3 Å². The van der Waals surface area contributed by atoms with E-state index in [1.807, 2.05) is 20.8 Å². The first kappa shape index (κ1) is 39.8. The highest BCUT2D eigenvalue weighted by molar-refractivity contribution is 6.55. The lowest BCUT2D eigenvalue weighted by atomic mass is 9.80. The molecule has 0 saturated carbocycles. The lowest BCUT2D eigenvalue weighted by molar-refractivity contribution is -0.140. The van der Waals surface area contributed by atoms with Crippen molar-refractivity contribution in [3.05, 3.63) is 29.8 Å². The smallest absolute Gasteiger partial charge is 0.312 e. The fraction of sp³-hybridized carbons (Fsp3) is 0.606. The Hall–Kier alpha value is -4.43. The van der Waals surface area contributed by atoms with Crippen molar-refractivity contribution in [2.75, 3.05) is 18.4 Å². The Bertz CT molecular complexity index is 1310. The number of carbonyl (C=O) groups is 7. The average molecular weight is 669 g/mol. The lowest BCUT2D eigenvalue weighted by Gasteiger charge is -2.25. The molecule has 2 radical (unpaired) electrons. The summed E-state index contributed by atoms with van der Waals surface area (Å²) in [4.78, 5) is 87.7. The number of nitrogens with one attached hydrogen (secondary N) is 4. The van der Waals surface area contributed by atoms with Crippen LogP contribution in [-0.4, -0.2) is 79.4 Å². The van der Waals surface area contributed by atoms with E-state index in [2.05, 4.69) is 21.3 Å². The molecule has 15 heteroatoms. The molecule has 1 aliphatic rings. The molecule has 1 aliphatic heterocycles. The molecular formula is C33H49BN6O8. The summed E-state index contributed by atoms with van der Waals surface area (Å²) in [7, 11) is 4.99. The number of carbonyl (C=O) groups excluding carboxylic acids is 7. The van der Waals surface area contributed by atoms with E-state index in [0.717, 1.165) is 0 Å². The first-order valence-electron chi connectivity index (χ1n) is 16.3. The summed E-state index contributed by atoms with van der Waals surface area (Å²) < 4.78 is 4.75. The van der Waals surface area contributed by atoms with Crippen LogP contribution in [0.25, 0.3) is 0 Å². The van der Waals surface area contributed by atoms with Gasteiger partial charge in [0.1, 0.15) is 18.7 Å². The van der Waals surface area contributed by atoms with Crippen molar-refractivity contribution in [3.8, 4) is 0 Å². The zero-order valence-electron chi connectivity index (χ0n) is 28.6. The van der Waals surface area contributed by atoms with Crippen LogP contribution in [0.1, 0.15) is 85.1 Å². The largest absolute Gasteiger partial charge is 0.470 e. The fourth-order valence-electron chi connectivity index (χ4n) is 5.22. The highest BCUT2D eigenvalue weighted by Gasteiger charge is 2.44. The zero-order chi connectivity index (χ0) is 36.0. The van der Waals surface area contributed by atoms with E-state index in [9.17, 15) is 33.6 Å². The van der Waals surface area contributed by atoms with Crippen molar-refractivity contribution in [1.29, 1.82) is 0 Å². The summed E-state index contributed by atoms with van der Waals surface area (Å²) in [5.74, 6) is -3.23. The van der Waals surface area contributed by atoms with Crippen LogP contribution >= 0.6 is 0 Å². The SMILES string of the molecule is [B]C(=O)OCc1ccc(NC(=O)[C@H](CCCNC(N)=O)NC(=O)C(NC(=O)CCCCCN2C(=O)CC(C(C)(C)C)C2=O)C(C)C)cc1. The van der Waals surface area contributed by atoms with Crippen LogP contribution in [0.4, 0.5) is 15.3 Å². The molecule has 1 saturated heterocycles. The van der Waals surface area contributed by atoms with Crippen molar-refractivity contribution in [1.82, 2.24) is 20.9 Å². The van der Waals surface area contributed by atoms with Crippen LogP contribution in [0.3, 0.4) is 0 Å². The van der Waals surface area contributed by atoms with Gasteiger partial charge in [-0.2, -0.15) is 0 Å². The minimum atomic E-state index is -1.00. The Kier molecular flexibility index (Phi) is 15.6. The summed E-state index contributed by atoms with van der Waals surface area (Å²) in [6.07, 6.45) is 2.55. The van der Waals surface area contributed by atoms with Gasteiger partial charge < -0.3 is 31.7 Å². The molecule has 0 aliphatic carbocycles. The molecule has 3 atom stereocenters. The van der Waals surface area contributed by atoms with Gasteiger partial charge in [-0.3, -0.25) is 33.7 Å². The lowest BCUT2D eigenvalue weighted by Crippen LogP contribution is -2.54. The topological polar surface area (TPSA) is 206 Å². The monoisotopic (exact) mass is 668 g/mol. The molecule has 0 bridgehead atoms. The first-order chi connectivity index (χ1) is 22.5. The molecule has 48 heavy (non-hydrogen) atoms. The van der Waals surface area contributed by atoms with Gasteiger partial charge >= 0.3 is 6.03 Å². The summed E-state index contributed by atoms with van der Waals surface area (Å²) in [5, 5.41) is 10.7. The molecule has 14 nitrogen and oxygen atoms in total. The highest BCUT2D eigenvalue weighted by atomic mass is 16.5. The number of anilines is 1. The van der Waals surface area contributed by atoms with Gasteiger partial charge in [-0.25, -0.2) is 4.79 Å². The number of primary amides is 1. The number of urea groups is 1. The van der Waals surface area contributed by atoms with Gasteiger partial charge in [-0.15, -0.1) is 0 Å². The van der Waals surface area contributed by atoms with Crippen molar-refractivity contribution in [2.45, 2.75) is 98.3 Å². The molecule has 2 rings (SSSR count). The zero-order valence-corrected chi connectivity index (χ0v) is 28.6. The van der Waals surface area contributed by atoms with E-state index >= 15 is 0 Å². The van der Waals surface area contributed by atoms with Gasteiger partial charge in [-0.05, 0) is 54.7 Å². The number of amides is 7. The molecule has 6 N–H and O–H groups in total. The number of nitrogens with zero attached hydrogens (tertiary/aromatic N) is 1. The third kappa shape index (κ3) is 13.4. The van der Waals surface area contributed by atoms with Gasteiger partial charge in [0.2, 0.25) is 43.3 Å². The molecule has 0 spiro atoms. The maximum Gasteiger partial charge on any atom is 0.312 e. The molecule has 0 aromatic heterocycles. The van der Waals surface area contributed by atoms with Crippen LogP contribution < -0.4 is 27.0 Å². The quantitative estimate of drug-likeness (QED) is 0.0890. The standard InChI is InChI=1S/C33H49BN6O8/c1-20(2)27(39-25(41)11-7-6-8-17-40-26(42)18-23(30(40)45)33(3,4)5)29(44)38-24(10-9-16-36-32(35)47)28(43)37-22-14-12-21(13-15-22)19-48-31(34)46/h12-15,20,23-24,27H,6-11,16-19H2,1-5H3,(H,37,43)(H,38,44)(H,39,41)(H3,35,36,47)/t23?,24-,27?/m0/s1. The van der Waals surface area contributed by atoms with Crippen molar-refractivity contribution >= 4 is 55.0 Å². The van der Waals surface area contributed by atoms with Crippen LogP contribution in [0.5, 0.6) is 0 Å². The van der Waals surface area contributed by atoms with E-state index in [0.29, 0.717) is 43.5 Å². The summed E-state index contributed by atoms with van der Waals surface area (Å²) in [6.45, 7) is 9.85. The normalized spacial score (nSPS) is 15.9. The van der Waals surface area contributed by atoms with E-state index in [4.69, 9.17) is 18.3 Å². The summed E-state index contributed by atoms with van der Waals surface area (Å²) >= 11 is 0. The Morgan fingerprint density at radius 2 is 1.65 bits per heavy atom. The second-order valence-corrected chi connectivity index (χ2v) is 13.4. The number of unbranched alkanes of at least 4 members (excludes halogenated alkanes) is 2. The number of likely N-dealkylation sites (tertiary alicyclic amines) is 1. The third-order valence-corrected chi connectivity index (χ3v) is 8.04. The van der Waals surface area contributed by atoms with E-state index < -0.39 is 35.8 Å². The fourth-order valence-corrected chi connectivity index (χ4v) is 5.22. The first-order valence-corrected chi connectivity index (χ1v) is 16.3. The molecule has 1 fully saturated rings. The molecule has 1 aromatic carbocycles.